The van der Waals surface area contributed by atoms with Gasteiger partial charge in [-0.2, -0.15) is 0 Å². The number of pyridine rings is 2. The predicted octanol–water partition coefficient (Wildman–Crippen LogP) is 3.66. The molecule has 2 aromatic heterocycles. The van der Waals surface area contributed by atoms with E-state index < -0.39 is 10.0 Å². The fourth-order valence-corrected chi connectivity index (χ4v) is 4.16. The number of nitrogens with one attached hydrogen (secondary N) is 1. The third kappa shape index (κ3) is 4.85. The highest BCUT2D eigenvalue weighted by Gasteiger charge is 2.18. The zero-order valence-corrected chi connectivity index (χ0v) is 19.3. The minimum Gasteiger partial charge on any atom is -0.340 e. The lowest BCUT2D eigenvalue weighted by atomic mass is 9.99. The minimum atomic E-state index is -3.47. The molecule has 0 unspecified atom stereocenters. The Morgan fingerprint density at radius 2 is 1.76 bits per heavy atom. The van der Waals surface area contributed by atoms with Crippen LogP contribution in [-0.4, -0.2) is 30.0 Å². The second-order valence-corrected chi connectivity index (χ2v) is 9.78. The Morgan fingerprint density at radius 1 is 1.00 bits per heavy atom. The van der Waals surface area contributed by atoms with Gasteiger partial charge in [0.15, 0.2) is 5.78 Å². The first-order chi connectivity index (χ1) is 15.6. The normalized spacial score (nSPS) is 11.5. The van der Waals surface area contributed by atoms with Crippen LogP contribution >= 0.6 is 0 Å². The second-order valence-electron chi connectivity index (χ2n) is 8.03. The smallest absolute Gasteiger partial charge is 0.230 e. The van der Waals surface area contributed by atoms with Crippen molar-refractivity contribution in [2.45, 2.75) is 20.4 Å². The minimum absolute atomic E-state index is 0.0716. The summed E-state index contributed by atoms with van der Waals surface area (Å²) in [7, 11) is -3.47. The highest BCUT2D eigenvalue weighted by Crippen LogP contribution is 2.18. The van der Waals surface area contributed by atoms with Crippen LogP contribution in [-0.2, 0) is 16.6 Å². The van der Waals surface area contributed by atoms with Gasteiger partial charge in [-0.3, -0.25) is 14.3 Å². The number of carbonyl (C=O) groups excluding carboxylic acids is 1. The fourth-order valence-electron chi connectivity index (χ4n) is 3.66. The molecule has 0 aliphatic heterocycles. The number of para-hydroxylation sites is 1. The maximum absolute atomic E-state index is 13.3. The van der Waals surface area contributed by atoms with Gasteiger partial charge in [0.1, 0.15) is 5.82 Å². The lowest BCUT2D eigenvalue weighted by Gasteiger charge is -2.14. The predicted molar refractivity (Wildman–Crippen MR) is 129 cm³/mol. The van der Waals surface area contributed by atoms with E-state index in [9.17, 15) is 18.0 Å². The zero-order chi connectivity index (χ0) is 23.8. The molecule has 8 heteroatoms. The third-order valence-electron chi connectivity index (χ3n) is 5.43. The van der Waals surface area contributed by atoms with Gasteiger partial charge in [0, 0.05) is 17.1 Å². The highest BCUT2D eigenvalue weighted by atomic mass is 32.2. The Bertz CT molecular complexity index is 1560. The van der Waals surface area contributed by atoms with Gasteiger partial charge in [-0.1, -0.05) is 30.3 Å². The molecular formula is C25H23N3O4S. The van der Waals surface area contributed by atoms with Gasteiger partial charge in [0.05, 0.1) is 29.6 Å². The van der Waals surface area contributed by atoms with Crippen LogP contribution in [0.5, 0.6) is 0 Å². The van der Waals surface area contributed by atoms with Crippen molar-refractivity contribution in [3.05, 3.63) is 105 Å². The van der Waals surface area contributed by atoms with Crippen molar-refractivity contribution in [2.24, 2.45) is 0 Å². The molecule has 2 heterocycles. The highest BCUT2D eigenvalue weighted by molar-refractivity contribution is 7.92. The van der Waals surface area contributed by atoms with E-state index in [1.165, 1.54) is 0 Å². The number of fused-ring (bicyclic) bond motifs is 1. The van der Waals surface area contributed by atoms with E-state index in [1.807, 2.05) is 26.0 Å². The first-order valence-corrected chi connectivity index (χ1v) is 12.2. The molecule has 0 radical (unpaired) electrons. The average molecular weight is 462 g/mol. The molecule has 0 atom stereocenters. The van der Waals surface area contributed by atoms with Crippen molar-refractivity contribution in [1.29, 1.82) is 0 Å². The SMILES string of the molecule is Cc1ccc(C(=O)c2cn(Cc3cccc(NS(C)(=O)=O)n3)c3ccccc3c2=O)cc1C. The third-order valence-corrected chi connectivity index (χ3v) is 6.01. The number of sulfonamides is 1. The molecule has 0 fully saturated rings. The number of hydrogen-bond acceptors (Lipinski definition) is 5. The molecule has 7 nitrogen and oxygen atoms in total. The Hall–Kier alpha value is -3.78. The average Bonchev–Trinajstić information content (AvgIpc) is 2.76. The summed E-state index contributed by atoms with van der Waals surface area (Å²) in [4.78, 5) is 30.8. The topological polar surface area (TPSA) is 98.1 Å². The van der Waals surface area contributed by atoms with Crippen molar-refractivity contribution < 1.29 is 13.2 Å². The molecule has 0 saturated heterocycles. The van der Waals surface area contributed by atoms with Crippen molar-refractivity contribution in [2.75, 3.05) is 11.0 Å². The van der Waals surface area contributed by atoms with Gasteiger partial charge in [0.2, 0.25) is 15.5 Å². The lowest BCUT2D eigenvalue weighted by molar-refractivity contribution is 0.103. The summed E-state index contributed by atoms with van der Waals surface area (Å²) in [5, 5.41) is 0.428. The standard InChI is InChI=1S/C25H23N3O4S/c1-16-11-12-18(13-17(16)2)24(29)21-15-28(22-9-5-4-8-20(22)25(21)30)14-19-7-6-10-23(26-19)27-33(3,31)32/h4-13,15H,14H2,1-3H3,(H,26,27). The molecule has 1 N–H and O–H groups in total. The van der Waals surface area contributed by atoms with Crippen LogP contribution in [0.25, 0.3) is 10.9 Å². The van der Waals surface area contributed by atoms with Crippen LogP contribution in [0, 0.1) is 13.8 Å². The molecule has 0 bridgehead atoms. The van der Waals surface area contributed by atoms with E-state index in [0.29, 0.717) is 22.2 Å². The molecule has 168 valence electrons. The Balaban J connectivity index is 1.82. The van der Waals surface area contributed by atoms with Gasteiger partial charge in [-0.15, -0.1) is 0 Å². The van der Waals surface area contributed by atoms with E-state index in [0.717, 1.165) is 17.4 Å². The number of hydrogen-bond donors (Lipinski definition) is 1. The van der Waals surface area contributed by atoms with Crippen molar-refractivity contribution >= 4 is 32.5 Å². The number of carbonyl (C=O) groups is 1. The van der Waals surface area contributed by atoms with E-state index >= 15 is 0 Å². The second kappa shape index (κ2) is 8.63. The van der Waals surface area contributed by atoms with E-state index in [-0.39, 0.29) is 29.1 Å². The molecule has 0 aliphatic rings. The van der Waals surface area contributed by atoms with Crippen LogP contribution < -0.4 is 10.2 Å². The number of aromatic nitrogens is 2. The van der Waals surface area contributed by atoms with Gasteiger partial charge >= 0.3 is 0 Å². The van der Waals surface area contributed by atoms with Crippen LogP contribution in [0.15, 0.2) is 71.7 Å². The van der Waals surface area contributed by atoms with Crippen LogP contribution in [0.2, 0.25) is 0 Å². The molecular weight excluding hydrogens is 438 g/mol. The number of benzene rings is 2. The van der Waals surface area contributed by atoms with Gasteiger partial charge in [-0.25, -0.2) is 13.4 Å². The van der Waals surface area contributed by atoms with Crippen molar-refractivity contribution in [1.82, 2.24) is 9.55 Å². The van der Waals surface area contributed by atoms with Crippen LogP contribution in [0.4, 0.5) is 5.82 Å². The summed E-state index contributed by atoms with van der Waals surface area (Å²) in [5.41, 5.74) is 3.46. The number of ketones is 1. The van der Waals surface area contributed by atoms with E-state index in [4.69, 9.17) is 0 Å². The number of aryl methyl sites for hydroxylation is 2. The number of nitrogens with zero attached hydrogens (tertiary/aromatic N) is 2. The maximum atomic E-state index is 13.3. The Morgan fingerprint density at radius 3 is 2.48 bits per heavy atom. The summed E-state index contributed by atoms with van der Waals surface area (Å²) in [6.45, 7) is 4.13. The van der Waals surface area contributed by atoms with Gasteiger partial charge in [-0.05, 0) is 55.3 Å². The van der Waals surface area contributed by atoms with E-state index in [1.54, 1.807) is 59.3 Å². The summed E-state index contributed by atoms with van der Waals surface area (Å²) in [5.74, 6) is -0.144. The van der Waals surface area contributed by atoms with Crippen LogP contribution in [0.3, 0.4) is 0 Å². The summed E-state index contributed by atoms with van der Waals surface area (Å²) in [6, 6.07) is 17.5. The molecule has 0 spiro atoms. The molecule has 4 aromatic rings. The maximum Gasteiger partial charge on any atom is 0.230 e. The number of rotatable bonds is 6. The Labute approximate surface area is 191 Å². The number of anilines is 1. The van der Waals surface area contributed by atoms with Crippen LogP contribution in [0.1, 0.15) is 32.7 Å². The largest absolute Gasteiger partial charge is 0.340 e. The Kier molecular flexibility index (Phi) is 5.86. The molecule has 0 amide bonds. The van der Waals surface area contributed by atoms with E-state index in [2.05, 4.69) is 9.71 Å². The fraction of sp³-hybridized carbons (Fsp3) is 0.160. The van der Waals surface area contributed by atoms with Gasteiger partial charge < -0.3 is 4.57 Å². The summed E-state index contributed by atoms with van der Waals surface area (Å²) in [6.07, 6.45) is 2.61. The monoisotopic (exact) mass is 461 g/mol. The zero-order valence-electron chi connectivity index (χ0n) is 18.5. The molecule has 33 heavy (non-hydrogen) atoms. The summed E-state index contributed by atoms with van der Waals surface area (Å²) >= 11 is 0. The lowest BCUT2D eigenvalue weighted by Crippen LogP contribution is -2.20. The molecule has 0 aliphatic carbocycles. The molecule has 2 aromatic carbocycles. The van der Waals surface area contributed by atoms with Crippen molar-refractivity contribution in [3.63, 3.8) is 0 Å². The first-order valence-electron chi connectivity index (χ1n) is 10.3. The first kappa shape index (κ1) is 22.4. The van der Waals surface area contributed by atoms with Crippen molar-refractivity contribution in [3.8, 4) is 0 Å². The molecule has 4 rings (SSSR count). The summed E-state index contributed by atoms with van der Waals surface area (Å²) < 4.78 is 27.3. The molecule has 0 saturated carbocycles. The quantitative estimate of drug-likeness (QED) is 0.442. The van der Waals surface area contributed by atoms with Gasteiger partial charge in [0.25, 0.3) is 0 Å².